The molecule has 0 atom stereocenters. The van der Waals surface area contributed by atoms with Crippen LogP contribution < -0.4 is 19.6 Å². The Labute approximate surface area is 543 Å². The van der Waals surface area contributed by atoms with Crippen molar-refractivity contribution >= 4 is 93.1 Å². The lowest BCUT2D eigenvalue weighted by atomic mass is 10.1. The first-order chi connectivity index (χ1) is 44.8. The second kappa shape index (κ2) is 29.7. The van der Waals surface area contributed by atoms with Crippen molar-refractivity contribution in [1.29, 1.82) is 0 Å². The van der Waals surface area contributed by atoms with E-state index in [-0.39, 0.29) is 0 Å². The highest BCUT2D eigenvalue weighted by Gasteiger charge is 2.17. The Morgan fingerprint density at radius 2 is 0.250 bits per heavy atom. The van der Waals surface area contributed by atoms with Gasteiger partial charge in [0, 0.05) is 68.2 Å². The van der Waals surface area contributed by atoms with Crippen molar-refractivity contribution in [1.82, 2.24) is 0 Å². The van der Waals surface area contributed by atoms with Crippen LogP contribution in [0.25, 0.3) is 0 Å². The Hall–Kier alpha value is -11.5. The van der Waals surface area contributed by atoms with Crippen LogP contribution in [0.4, 0.5) is 68.2 Å². The number of anilines is 12. The van der Waals surface area contributed by atoms with Gasteiger partial charge in [-0.05, 0) is 223 Å². The van der Waals surface area contributed by atoms with Crippen LogP contribution in [-0.4, -0.2) is 24.9 Å². The summed E-state index contributed by atoms with van der Waals surface area (Å²) < 4.78 is 0. The van der Waals surface area contributed by atoms with Crippen molar-refractivity contribution in [2.24, 2.45) is 20.4 Å². The quantitative estimate of drug-likeness (QED) is 0.0634. The predicted octanol–water partition coefficient (Wildman–Crippen LogP) is 22.6. The van der Waals surface area contributed by atoms with Crippen LogP contribution in [-0.2, 0) is 0 Å². The Morgan fingerprint density at radius 1 is 0.152 bits per heavy atom. The topological polar surface area (TPSA) is 62.4 Å². The van der Waals surface area contributed by atoms with Gasteiger partial charge in [0.15, 0.2) is 0 Å². The molecule has 0 fully saturated rings. The van der Waals surface area contributed by atoms with Gasteiger partial charge < -0.3 is 19.6 Å². The highest BCUT2D eigenvalue weighted by Crippen LogP contribution is 2.39. The fraction of sp³-hybridized carbons (Fsp3) is 0.0952. The molecule has 0 unspecified atom stereocenters. The van der Waals surface area contributed by atoms with Crippen LogP contribution in [0.15, 0.2) is 312 Å². The molecule has 0 saturated carbocycles. The fourth-order valence-corrected chi connectivity index (χ4v) is 10.6. The summed E-state index contributed by atoms with van der Waals surface area (Å²) in [6.07, 6.45) is 7.14. The lowest BCUT2D eigenvalue weighted by molar-refractivity contribution is 1.25. The SMILES string of the molecule is Cc1ccc(N(c2ccc(C)cc2)c2ccc(/C=N/N=C/c3ccc(N(c4ccc(C)cc4)c4ccc(C)cc4)cc3)cc2)cc1.Cc1ccc(N(c2ccc(C)cc2)c2ccc(/C=N/N=C/c3ccc(N(c4ccc(C)cc4)c4ccc(C)cc4)cc3)cc2)cc1. The van der Waals surface area contributed by atoms with E-state index in [1.54, 1.807) is 24.9 Å². The van der Waals surface area contributed by atoms with E-state index in [9.17, 15) is 0 Å². The van der Waals surface area contributed by atoms with Gasteiger partial charge in [-0.25, -0.2) is 0 Å². The van der Waals surface area contributed by atoms with E-state index in [0.29, 0.717) is 0 Å². The standard InChI is InChI=1S/2C42H38N4/c2*1-31-5-17-37(18-6-31)45(38-19-7-32(2)8-20-38)41-25-13-35(14-26-41)29-43-44-30-36-15-27-42(28-16-36)46(39-21-9-33(3)10-22-39)40-23-11-34(4)12-24-40/h2*5-30H,1-4H3/b2*43-29+,44-30+. The molecule has 0 bridgehead atoms. The number of rotatable bonds is 18. The summed E-state index contributed by atoms with van der Waals surface area (Å²) >= 11 is 0. The zero-order valence-corrected chi connectivity index (χ0v) is 53.6. The van der Waals surface area contributed by atoms with Crippen LogP contribution >= 0.6 is 0 Å². The Morgan fingerprint density at radius 3 is 0.359 bits per heavy atom. The molecule has 0 aliphatic heterocycles. The summed E-state index contributed by atoms with van der Waals surface area (Å²) in [7, 11) is 0. The maximum Gasteiger partial charge on any atom is 0.0568 e. The van der Waals surface area contributed by atoms with Gasteiger partial charge in [-0.2, -0.15) is 20.4 Å². The number of hydrogen-bond donors (Lipinski definition) is 0. The van der Waals surface area contributed by atoms with Gasteiger partial charge in [-0.15, -0.1) is 0 Å². The molecule has 0 aromatic heterocycles. The molecular weight excluding hydrogens is 1120 g/mol. The van der Waals surface area contributed by atoms with Gasteiger partial charge in [0.2, 0.25) is 0 Å². The molecule has 8 nitrogen and oxygen atoms in total. The van der Waals surface area contributed by atoms with Gasteiger partial charge in [-0.3, -0.25) is 0 Å². The first kappa shape index (κ1) is 62.1. The van der Waals surface area contributed by atoms with Crippen molar-refractivity contribution in [3.05, 3.63) is 358 Å². The minimum Gasteiger partial charge on any atom is -0.311 e. The van der Waals surface area contributed by atoms with Crippen molar-refractivity contribution in [3.8, 4) is 0 Å². The van der Waals surface area contributed by atoms with E-state index in [2.05, 4.69) is 387 Å². The van der Waals surface area contributed by atoms with Crippen LogP contribution in [0.2, 0.25) is 0 Å². The molecule has 0 spiro atoms. The van der Waals surface area contributed by atoms with Gasteiger partial charge in [0.1, 0.15) is 0 Å². The van der Waals surface area contributed by atoms with Gasteiger partial charge in [-0.1, -0.05) is 190 Å². The maximum absolute atomic E-state index is 4.34. The molecule has 0 radical (unpaired) electrons. The minimum atomic E-state index is 0.982. The highest BCUT2D eigenvalue weighted by atomic mass is 15.2. The molecule has 0 heterocycles. The van der Waals surface area contributed by atoms with E-state index in [4.69, 9.17) is 0 Å². The molecule has 12 aromatic rings. The van der Waals surface area contributed by atoms with E-state index >= 15 is 0 Å². The molecule has 12 rings (SSSR count). The van der Waals surface area contributed by atoms with Crippen molar-refractivity contribution in [2.75, 3.05) is 19.6 Å². The summed E-state index contributed by atoms with van der Waals surface area (Å²) in [5, 5.41) is 17.3. The lowest BCUT2D eigenvalue weighted by Gasteiger charge is -2.25. The molecule has 0 amide bonds. The molecular formula is C84H76N8. The summed E-state index contributed by atoms with van der Waals surface area (Å²) in [5.74, 6) is 0. The molecule has 0 aliphatic rings. The first-order valence-electron chi connectivity index (χ1n) is 31.1. The van der Waals surface area contributed by atoms with E-state index < -0.39 is 0 Å². The number of hydrogen-bond acceptors (Lipinski definition) is 8. The van der Waals surface area contributed by atoms with Crippen LogP contribution in [0.1, 0.15) is 66.8 Å². The molecule has 0 saturated heterocycles. The first-order valence-corrected chi connectivity index (χ1v) is 31.1. The highest BCUT2D eigenvalue weighted by molar-refractivity contribution is 5.88. The fourth-order valence-electron chi connectivity index (χ4n) is 10.6. The van der Waals surface area contributed by atoms with Crippen LogP contribution in [0.3, 0.4) is 0 Å². The maximum atomic E-state index is 4.34. The van der Waals surface area contributed by atoms with Gasteiger partial charge in [0.05, 0.1) is 24.9 Å². The lowest BCUT2D eigenvalue weighted by Crippen LogP contribution is -2.10. The minimum absolute atomic E-state index is 0.982. The number of benzene rings is 12. The zero-order chi connectivity index (χ0) is 63.8. The predicted molar refractivity (Wildman–Crippen MR) is 393 cm³/mol. The molecule has 92 heavy (non-hydrogen) atoms. The molecule has 8 heteroatoms. The van der Waals surface area contributed by atoms with E-state index in [1.165, 1.54) is 44.5 Å². The molecule has 12 aromatic carbocycles. The van der Waals surface area contributed by atoms with Gasteiger partial charge >= 0.3 is 0 Å². The Balaban J connectivity index is 0.000000188. The second-order valence-corrected chi connectivity index (χ2v) is 23.4. The third kappa shape index (κ3) is 16.2. The average Bonchev–Trinajstić information content (AvgIpc) is 1.44. The molecule has 452 valence electrons. The molecule has 0 aliphatic carbocycles. The molecule has 0 N–H and O–H groups in total. The summed E-state index contributed by atoms with van der Waals surface area (Å²) in [4.78, 5) is 9.06. The van der Waals surface area contributed by atoms with E-state index in [0.717, 1.165) is 90.5 Å². The smallest absolute Gasteiger partial charge is 0.0568 e. The zero-order valence-electron chi connectivity index (χ0n) is 53.6. The second-order valence-electron chi connectivity index (χ2n) is 23.4. The number of nitrogens with zero attached hydrogens (tertiary/aromatic N) is 8. The largest absolute Gasteiger partial charge is 0.311 e. The summed E-state index contributed by atoms with van der Waals surface area (Å²) in [6, 6.07) is 102. The Kier molecular flexibility index (Phi) is 20.0. The van der Waals surface area contributed by atoms with Crippen molar-refractivity contribution < 1.29 is 0 Å². The van der Waals surface area contributed by atoms with Crippen molar-refractivity contribution in [2.45, 2.75) is 55.4 Å². The van der Waals surface area contributed by atoms with Gasteiger partial charge in [0.25, 0.3) is 0 Å². The average molecular weight is 1200 g/mol. The normalized spacial score (nSPS) is 11.3. The van der Waals surface area contributed by atoms with E-state index in [1.807, 2.05) is 0 Å². The monoisotopic (exact) mass is 1200 g/mol. The van der Waals surface area contributed by atoms with Crippen molar-refractivity contribution in [3.63, 3.8) is 0 Å². The van der Waals surface area contributed by atoms with Crippen LogP contribution in [0, 0.1) is 55.4 Å². The summed E-state index contributed by atoms with van der Waals surface area (Å²) in [6.45, 7) is 16.9. The third-order valence-corrected chi connectivity index (χ3v) is 15.9. The third-order valence-electron chi connectivity index (χ3n) is 15.9. The Bertz CT molecular complexity index is 3660. The summed E-state index contributed by atoms with van der Waals surface area (Å²) in [5.41, 5.74) is 27.1. The van der Waals surface area contributed by atoms with Crippen LogP contribution in [0.5, 0.6) is 0 Å². The number of aryl methyl sites for hydroxylation is 8.